The smallest absolute Gasteiger partial charge is 0.338 e. The van der Waals surface area contributed by atoms with Crippen molar-refractivity contribution in [2.75, 3.05) is 18.0 Å². The van der Waals surface area contributed by atoms with Crippen molar-refractivity contribution >= 4 is 5.95 Å². The Balaban J connectivity index is 2.16. The SMILES string of the molecule is NCCCC1CCCN1c1nccc(C(F)(F)F)n1. The predicted octanol–water partition coefficient (Wildman–Crippen LogP) is 2.20. The summed E-state index contributed by atoms with van der Waals surface area (Å²) in [6.45, 7) is 1.30. The Morgan fingerprint density at radius 3 is 2.89 bits per heavy atom. The molecule has 1 unspecified atom stereocenters. The molecule has 0 spiro atoms. The van der Waals surface area contributed by atoms with Gasteiger partial charge in [-0.15, -0.1) is 0 Å². The molecule has 1 saturated heterocycles. The highest BCUT2D eigenvalue weighted by Gasteiger charge is 2.34. The lowest BCUT2D eigenvalue weighted by molar-refractivity contribution is -0.141. The van der Waals surface area contributed by atoms with E-state index < -0.39 is 11.9 Å². The summed E-state index contributed by atoms with van der Waals surface area (Å²) in [5, 5.41) is 0. The second-order valence-electron chi connectivity index (χ2n) is 4.66. The highest BCUT2D eigenvalue weighted by atomic mass is 19.4. The number of aromatic nitrogens is 2. The van der Waals surface area contributed by atoms with Crippen molar-refractivity contribution in [3.63, 3.8) is 0 Å². The van der Waals surface area contributed by atoms with Crippen LogP contribution in [-0.4, -0.2) is 29.1 Å². The predicted molar refractivity (Wildman–Crippen MR) is 65.7 cm³/mol. The van der Waals surface area contributed by atoms with E-state index >= 15 is 0 Å². The number of hydrogen-bond acceptors (Lipinski definition) is 4. The molecule has 2 rings (SSSR count). The Kier molecular flexibility index (Phi) is 4.24. The van der Waals surface area contributed by atoms with Gasteiger partial charge in [0.25, 0.3) is 0 Å². The van der Waals surface area contributed by atoms with Gasteiger partial charge < -0.3 is 10.6 Å². The molecule has 0 radical (unpaired) electrons. The number of halogens is 3. The van der Waals surface area contributed by atoms with E-state index in [9.17, 15) is 13.2 Å². The molecular formula is C12H17F3N4. The standard InChI is InChI=1S/C12H17F3N4/c13-12(14,15)10-5-7-17-11(18-10)19-8-2-4-9(19)3-1-6-16/h5,7,9H,1-4,6,8,16H2. The lowest BCUT2D eigenvalue weighted by Gasteiger charge is -2.24. The van der Waals surface area contributed by atoms with Crippen LogP contribution >= 0.6 is 0 Å². The fourth-order valence-corrected chi connectivity index (χ4v) is 2.40. The minimum atomic E-state index is -4.43. The minimum absolute atomic E-state index is 0.175. The molecule has 7 heteroatoms. The van der Waals surface area contributed by atoms with Gasteiger partial charge in [-0.2, -0.15) is 13.2 Å². The summed E-state index contributed by atoms with van der Waals surface area (Å²) in [7, 11) is 0. The first-order valence-corrected chi connectivity index (χ1v) is 6.39. The Bertz CT molecular complexity index is 422. The summed E-state index contributed by atoms with van der Waals surface area (Å²) in [6.07, 6.45) is 0.387. The van der Waals surface area contributed by atoms with Gasteiger partial charge in [0.05, 0.1) is 0 Å². The Hall–Kier alpha value is -1.37. The van der Waals surface area contributed by atoms with Crippen LogP contribution in [0.5, 0.6) is 0 Å². The van der Waals surface area contributed by atoms with Crippen LogP contribution in [0.25, 0.3) is 0 Å². The molecule has 106 valence electrons. The first-order valence-electron chi connectivity index (χ1n) is 6.39. The fraction of sp³-hybridized carbons (Fsp3) is 0.667. The normalized spacial score (nSPS) is 20.0. The number of hydrogen-bond donors (Lipinski definition) is 1. The number of nitrogens with two attached hydrogens (primary N) is 1. The molecule has 19 heavy (non-hydrogen) atoms. The maximum absolute atomic E-state index is 12.6. The minimum Gasteiger partial charge on any atom is -0.338 e. The molecule has 4 nitrogen and oxygen atoms in total. The Morgan fingerprint density at radius 2 is 2.21 bits per heavy atom. The maximum atomic E-state index is 12.6. The van der Waals surface area contributed by atoms with Crippen molar-refractivity contribution in [2.24, 2.45) is 5.73 Å². The largest absolute Gasteiger partial charge is 0.433 e. The monoisotopic (exact) mass is 274 g/mol. The van der Waals surface area contributed by atoms with Gasteiger partial charge in [-0.05, 0) is 38.3 Å². The van der Waals surface area contributed by atoms with E-state index in [-0.39, 0.29) is 12.0 Å². The van der Waals surface area contributed by atoms with Crippen LogP contribution in [0, 0.1) is 0 Å². The molecule has 1 atom stereocenters. The summed E-state index contributed by atoms with van der Waals surface area (Å²) in [5.41, 5.74) is 4.59. The van der Waals surface area contributed by atoms with E-state index in [1.165, 1.54) is 6.20 Å². The van der Waals surface area contributed by atoms with Gasteiger partial charge in [0, 0.05) is 18.8 Å². The molecule has 0 bridgehead atoms. The highest BCUT2D eigenvalue weighted by Crippen LogP contribution is 2.30. The van der Waals surface area contributed by atoms with Crippen molar-refractivity contribution in [3.05, 3.63) is 18.0 Å². The van der Waals surface area contributed by atoms with E-state index in [1.807, 2.05) is 4.90 Å². The Labute approximate surface area is 109 Å². The van der Waals surface area contributed by atoms with Crippen LogP contribution in [0.1, 0.15) is 31.4 Å². The van der Waals surface area contributed by atoms with Gasteiger partial charge >= 0.3 is 6.18 Å². The van der Waals surface area contributed by atoms with Crippen LogP contribution in [0.4, 0.5) is 19.1 Å². The van der Waals surface area contributed by atoms with Gasteiger partial charge in [-0.25, -0.2) is 9.97 Å². The molecule has 0 saturated carbocycles. The molecule has 2 N–H and O–H groups in total. The molecule has 1 aliphatic heterocycles. The van der Waals surface area contributed by atoms with Gasteiger partial charge in [-0.1, -0.05) is 0 Å². The van der Waals surface area contributed by atoms with E-state index in [2.05, 4.69) is 9.97 Å². The lowest BCUT2D eigenvalue weighted by atomic mass is 10.1. The van der Waals surface area contributed by atoms with Crippen LogP contribution in [0.2, 0.25) is 0 Å². The summed E-state index contributed by atoms with van der Waals surface area (Å²) >= 11 is 0. The van der Waals surface area contributed by atoms with E-state index in [0.717, 1.165) is 31.7 Å². The zero-order valence-corrected chi connectivity index (χ0v) is 10.5. The quantitative estimate of drug-likeness (QED) is 0.914. The molecule has 2 heterocycles. The highest BCUT2D eigenvalue weighted by molar-refractivity contribution is 5.34. The molecule has 0 aliphatic carbocycles. The average Bonchev–Trinajstić information content (AvgIpc) is 2.83. The zero-order valence-electron chi connectivity index (χ0n) is 10.5. The molecule has 1 aliphatic rings. The van der Waals surface area contributed by atoms with Crippen molar-refractivity contribution < 1.29 is 13.2 Å². The van der Waals surface area contributed by atoms with Crippen molar-refractivity contribution in [1.29, 1.82) is 0 Å². The first kappa shape index (κ1) is 14.0. The zero-order chi connectivity index (χ0) is 13.9. The third kappa shape index (κ3) is 3.34. The number of rotatable bonds is 4. The Morgan fingerprint density at radius 1 is 1.42 bits per heavy atom. The number of anilines is 1. The van der Waals surface area contributed by atoms with Crippen molar-refractivity contribution in [2.45, 2.75) is 37.9 Å². The van der Waals surface area contributed by atoms with Crippen molar-refractivity contribution in [3.8, 4) is 0 Å². The molecule has 1 aromatic rings. The number of alkyl halides is 3. The third-order valence-corrected chi connectivity index (χ3v) is 3.31. The van der Waals surface area contributed by atoms with E-state index in [4.69, 9.17) is 5.73 Å². The van der Waals surface area contributed by atoms with Gasteiger partial charge in [0.15, 0.2) is 0 Å². The molecule has 1 aromatic heterocycles. The van der Waals surface area contributed by atoms with Gasteiger partial charge in [0.1, 0.15) is 5.69 Å². The summed E-state index contributed by atoms with van der Waals surface area (Å²) < 4.78 is 37.9. The van der Waals surface area contributed by atoms with Crippen LogP contribution in [0.15, 0.2) is 12.3 Å². The first-order chi connectivity index (χ1) is 9.02. The molecular weight excluding hydrogens is 257 g/mol. The van der Waals surface area contributed by atoms with E-state index in [1.54, 1.807) is 0 Å². The summed E-state index contributed by atoms with van der Waals surface area (Å²) in [6, 6.07) is 1.10. The summed E-state index contributed by atoms with van der Waals surface area (Å²) in [4.78, 5) is 9.49. The fourth-order valence-electron chi connectivity index (χ4n) is 2.40. The second kappa shape index (κ2) is 5.73. The molecule has 0 amide bonds. The molecule has 0 aromatic carbocycles. The molecule has 1 fully saturated rings. The van der Waals surface area contributed by atoms with Gasteiger partial charge in [0.2, 0.25) is 5.95 Å². The summed E-state index contributed by atoms with van der Waals surface area (Å²) in [5.74, 6) is 0.175. The van der Waals surface area contributed by atoms with E-state index in [0.29, 0.717) is 13.1 Å². The average molecular weight is 274 g/mol. The van der Waals surface area contributed by atoms with Gasteiger partial charge in [-0.3, -0.25) is 0 Å². The maximum Gasteiger partial charge on any atom is 0.433 e. The van der Waals surface area contributed by atoms with Crippen molar-refractivity contribution in [1.82, 2.24) is 9.97 Å². The lowest BCUT2D eigenvalue weighted by Crippen LogP contribution is -2.31. The van der Waals surface area contributed by atoms with Crippen LogP contribution < -0.4 is 10.6 Å². The number of nitrogens with zero attached hydrogens (tertiary/aromatic N) is 3. The third-order valence-electron chi connectivity index (χ3n) is 3.31. The van der Waals surface area contributed by atoms with Crippen LogP contribution in [0.3, 0.4) is 0 Å². The van der Waals surface area contributed by atoms with Crippen LogP contribution in [-0.2, 0) is 6.18 Å². The topological polar surface area (TPSA) is 55.0 Å². The second-order valence-corrected chi connectivity index (χ2v) is 4.66.